The molecule has 6 heteroatoms. The normalized spacial score (nSPS) is 25.3. The molecule has 0 N–H and O–H groups in total. The Hall–Kier alpha value is -3.93. The molecule has 0 spiro atoms. The van der Waals surface area contributed by atoms with Gasteiger partial charge in [-0.2, -0.15) is 0 Å². The van der Waals surface area contributed by atoms with Crippen molar-refractivity contribution in [3.8, 4) is 22.6 Å². The van der Waals surface area contributed by atoms with Gasteiger partial charge in [-0.15, -0.1) is 0 Å². The molecule has 0 unspecified atom stereocenters. The van der Waals surface area contributed by atoms with Crippen molar-refractivity contribution in [1.82, 2.24) is 20.1 Å². The van der Waals surface area contributed by atoms with Gasteiger partial charge < -0.3 is 4.52 Å². The SMILES string of the molecule is C[C@@]12Cc3cnoc3[C@](C)(CC3CC3)[C@H]1CCc1c(-c3ccccc3F)nc(-c3ccnc4ccccc34)nc12. The summed E-state index contributed by atoms with van der Waals surface area (Å²) < 4.78 is 21.4. The van der Waals surface area contributed by atoms with Crippen molar-refractivity contribution in [2.24, 2.45) is 11.8 Å². The van der Waals surface area contributed by atoms with Crippen LogP contribution in [-0.4, -0.2) is 20.1 Å². The lowest BCUT2D eigenvalue weighted by Crippen LogP contribution is -2.53. The summed E-state index contributed by atoms with van der Waals surface area (Å²) in [6, 6.07) is 17.0. The zero-order valence-electron chi connectivity index (χ0n) is 22.8. The van der Waals surface area contributed by atoms with Crippen molar-refractivity contribution in [1.29, 1.82) is 0 Å². The van der Waals surface area contributed by atoms with Gasteiger partial charge in [-0.25, -0.2) is 14.4 Å². The molecule has 200 valence electrons. The highest BCUT2D eigenvalue weighted by molar-refractivity contribution is 5.92. The first kappa shape index (κ1) is 23.9. The summed E-state index contributed by atoms with van der Waals surface area (Å²) in [5.74, 6) is 2.50. The molecule has 0 radical (unpaired) electrons. The maximum Gasteiger partial charge on any atom is 0.160 e. The lowest BCUT2D eigenvalue weighted by Gasteiger charge is -2.53. The molecule has 3 aliphatic rings. The zero-order valence-corrected chi connectivity index (χ0v) is 22.8. The minimum absolute atomic E-state index is 0.121. The number of pyridine rings is 1. The van der Waals surface area contributed by atoms with Crippen molar-refractivity contribution in [2.45, 2.75) is 63.2 Å². The van der Waals surface area contributed by atoms with E-state index in [0.29, 0.717) is 23.0 Å². The molecule has 1 saturated carbocycles. The monoisotopic (exact) mass is 530 g/mol. The molecule has 8 rings (SSSR count). The van der Waals surface area contributed by atoms with Crippen molar-refractivity contribution < 1.29 is 8.91 Å². The lowest BCUT2D eigenvalue weighted by molar-refractivity contribution is 0.0844. The summed E-state index contributed by atoms with van der Waals surface area (Å²) in [6.07, 6.45) is 9.99. The molecule has 0 saturated heterocycles. The van der Waals surface area contributed by atoms with E-state index in [1.54, 1.807) is 6.07 Å². The van der Waals surface area contributed by atoms with E-state index in [1.807, 2.05) is 48.8 Å². The Kier molecular flexibility index (Phi) is 5.10. The predicted molar refractivity (Wildman–Crippen MR) is 152 cm³/mol. The first-order chi connectivity index (χ1) is 19.5. The number of hydrogen-bond donors (Lipinski definition) is 0. The third-order valence-electron chi connectivity index (χ3n) is 9.92. The molecule has 0 aliphatic heterocycles. The summed E-state index contributed by atoms with van der Waals surface area (Å²) in [4.78, 5) is 15.1. The van der Waals surface area contributed by atoms with Crippen molar-refractivity contribution in [3.63, 3.8) is 0 Å². The van der Waals surface area contributed by atoms with Crippen LogP contribution in [0, 0.1) is 17.7 Å². The van der Waals surface area contributed by atoms with E-state index >= 15 is 4.39 Å². The Morgan fingerprint density at radius 2 is 1.77 bits per heavy atom. The number of fused-ring (bicyclic) bond motifs is 5. The molecule has 2 aromatic carbocycles. The third kappa shape index (κ3) is 3.44. The average molecular weight is 531 g/mol. The van der Waals surface area contributed by atoms with Crippen LogP contribution in [0.4, 0.5) is 4.39 Å². The van der Waals surface area contributed by atoms with Crippen molar-refractivity contribution >= 4 is 10.9 Å². The Morgan fingerprint density at radius 3 is 2.62 bits per heavy atom. The molecule has 0 bridgehead atoms. The molecule has 3 atom stereocenters. The fraction of sp³-hybridized carbons (Fsp3) is 0.353. The molecule has 40 heavy (non-hydrogen) atoms. The molecule has 5 aromatic rings. The average Bonchev–Trinajstić information content (AvgIpc) is 3.64. The van der Waals surface area contributed by atoms with Gasteiger partial charge in [0.25, 0.3) is 0 Å². The zero-order chi connectivity index (χ0) is 27.1. The fourth-order valence-corrected chi connectivity index (χ4v) is 8.05. The van der Waals surface area contributed by atoms with E-state index in [1.165, 1.54) is 24.5 Å². The summed E-state index contributed by atoms with van der Waals surface area (Å²) in [5.41, 5.74) is 5.95. The smallest absolute Gasteiger partial charge is 0.160 e. The number of hydrogen-bond acceptors (Lipinski definition) is 5. The van der Waals surface area contributed by atoms with Crippen LogP contribution in [0.1, 0.15) is 62.1 Å². The van der Waals surface area contributed by atoms with Crippen LogP contribution in [-0.2, 0) is 23.7 Å². The van der Waals surface area contributed by atoms with Crippen LogP contribution in [0.25, 0.3) is 33.5 Å². The Bertz CT molecular complexity index is 1790. The largest absolute Gasteiger partial charge is 0.361 e. The second-order valence-corrected chi connectivity index (χ2v) is 12.5. The van der Waals surface area contributed by atoms with Gasteiger partial charge in [0.2, 0.25) is 0 Å². The van der Waals surface area contributed by atoms with Crippen molar-refractivity contribution in [3.05, 3.63) is 95.4 Å². The summed E-state index contributed by atoms with van der Waals surface area (Å²) in [7, 11) is 0. The van der Waals surface area contributed by atoms with Crippen LogP contribution < -0.4 is 0 Å². The van der Waals surface area contributed by atoms with Gasteiger partial charge >= 0.3 is 0 Å². The molecule has 0 amide bonds. The van der Waals surface area contributed by atoms with E-state index in [9.17, 15) is 0 Å². The van der Waals surface area contributed by atoms with Crippen LogP contribution >= 0.6 is 0 Å². The van der Waals surface area contributed by atoms with E-state index < -0.39 is 0 Å². The van der Waals surface area contributed by atoms with Crippen LogP contribution in [0.3, 0.4) is 0 Å². The van der Waals surface area contributed by atoms with Gasteiger partial charge in [0.05, 0.1) is 23.1 Å². The van der Waals surface area contributed by atoms with Crippen molar-refractivity contribution in [2.75, 3.05) is 0 Å². The standard InChI is InChI=1S/C34H31FN4O/c1-33-18-21-19-37-40-31(21)34(2,17-20-11-12-20)28(33)14-13-25-29(24-8-3-5-9-26(24)35)38-32(39-30(25)33)23-15-16-36-27-10-6-4-7-22(23)27/h3-10,15-16,19-20,28H,11-14,17-18H2,1-2H3/t28-,33+,34+/m0/s1. The van der Waals surface area contributed by atoms with E-state index in [-0.39, 0.29) is 16.6 Å². The first-order valence-electron chi connectivity index (χ1n) is 14.4. The summed E-state index contributed by atoms with van der Waals surface area (Å²) in [5, 5.41) is 5.27. The van der Waals surface area contributed by atoms with E-state index in [4.69, 9.17) is 14.5 Å². The highest BCUT2D eigenvalue weighted by atomic mass is 19.1. The second kappa shape index (κ2) is 8.53. The minimum Gasteiger partial charge on any atom is -0.361 e. The maximum atomic E-state index is 15.4. The number of nitrogens with zero attached hydrogens (tertiary/aromatic N) is 4. The Balaban J connectivity index is 1.40. The number of rotatable bonds is 4. The molecule has 3 aromatic heterocycles. The van der Waals surface area contributed by atoms with Gasteiger partial charge in [-0.05, 0) is 61.8 Å². The minimum atomic E-state index is -0.268. The molecule has 5 nitrogen and oxygen atoms in total. The number of halogens is 1. The van der Waals surface area contributed by atoms with Gasteiger partial charge in [0.15, 0.2) is 5.82 Å². The first-order valence-corrected chi connectivity index (χ1v) is 14.4. The van der Waals surface area contributed by atoms with E-state index in [2.05, 4.69) is 30.1 Å². The number of para-hydroxylation sites is 1. The molecular weight excluding hydrogens is 499 g/mol. The van der Waals surface area contributed by atoms with Crippen LogP contribution in [0.15, 0.2) is 71.5 Å². The van der Waals surface area contributed by atoms with Crippen LogP contribution in [0.5, 0.6) is 0 Å². The highest BCUT2D eigenvalue weighted by Gasteiger charge is 2.58. The van der Waals surface area contributed by atoms with Gasteiger partial charge in [-0.1, -0.05) is 62.2 Å². The maximum absolute atomic E-state index is 15.4. The van der Waals surface area contributed by atoms with Crippen LogP contribution in [0.2, 0.25) is 0 Å². The lowest BCUT2D eigenvalue weighted by atomic mass is 9.50. The number of aromatic nitrogens is 4. The third-order valence-corrected chi connectivity index (χ3v) is 9.92. The number of benzene rings is 2. The van der Waals surface area contributed by atoms with Gasteiger partial charge in [0.1, 0.15) is 11.6 Å². The molecule has 3 aliphatic carbocycles. The second-order valence-electron chi connectivity index (χ2n) is 12.5. The Labute approximate surface area is 232 Å². The predicted octanol–water partition coefficient (Wildman–Crippen LogP) is 7.62. The molecular formula is C34H31FN4O. The molecule has 1 fully saturated rings. The van der Waals surface area contributed by atoms with Gasteiger partial charge in [0, 0.05) is 44.7 Å². The fourth-order valence-electron chi connectivity index (χ4n) is 8.05. The summed E-state index contributed by atoms with van der Waals surface area (Å²) in [6.45, 7) is 4.75. The molecule has 3 heterocycles. The Morgan fingerprint density at radius 1 is 0.950 bits per heavy atom. The van der Waals surface area contributed by atoms with Gasteiger partial charge in [-0.3, -0.25) is 4.98 Å². The van der Waals surface area contributed by atoms with E-state index in [0.717, 1.165) is 65.1 Å². The summed E-state index contributed by atoms with van der Waals surface area (Å²) >= 11 is 0. The topological polar surface area (TPSA) is 64.7 Å². The highest BCUT2D eigenvalue weighted by Crippen LogP contribution is 2.60. The quantitative estimate of drug-likeness (QED) is 0.239.